The van der Waals surface area contributed by atoms with E-state index in [0.717, 1.165) is 10.3 Å². The molecule has 0 aromatic carbocycles. The van der Waals surface area contributed by atoms with Gasteiger partial charge in [-0.05, 0) is 25.1 Å². The second-order valence-corrected chi connectivity index (χ2v) is 7.87. The molecular weight excluding hydrogens is 400 g/mol. The fourth-order valence-corrected chi connectivity index (χ4v) is 4.26. The molecule has 146 valence electrons. The van der Waals surface area contributed by atoms with E-state index in [1.54, 1.807) is 32.4 Å². The number of Topliss-reactive ketones (excluding diaryl/α,β-unsaturated/α-hetero) is 1. The van der Waals surface area contributed by atoms with Gasteiger partial charge in [0.2, 0.25) is 5.91 Å². The number of carbonyl (C=O) groups excluding carboxylic acids is 2. The number of nitrogens with zero attached hydrogens (tertiary/aromatic N) is 3. The maximum absolute atomic E-state index is 12.5. The van der Waals surface area contributed by atoms with Crippen LogP contribution in [0.3, 0.4) is 0 Å². The summed E-state index contributed by atoms with van der Waals surface area (Å²) in [5, 5.41) is 12.7. The fourth-order valence-electron chi connectivity index (χ4n) is 2.36. The van der Waals surface area contributed by atoms with Crippen molar-refractivity contribution in [2.75, 3.05) is 19.5 Å². The molecule has 10 heteroatoms. The van der Waals surface area contributed by atoms with Gasteiger partial charge < -0.3 is 15.2 Å². The normalized spacial score (nSPS) is 10.8. The summed E-state index contributed by atoms with van der Waals surface area (Å²) in [6.45, 7) is 1.51. The summed E-state index contributed by atoms with van der Waals surface area (Å²) < 4.78 is 5.21. The number of hydrogen-bond donors (Lipinski definition) is 2. The van der Waals surface area contributed by atoms with E-state index < -0.39 is 12.5 Å². The molecule has 0 bridgehead atoms. The number of aliphatic hydroxyl groups excluding tert-OH is 1. The molecule has 3 rings (SSSR count). The first-order valence-corrected chi connectivity index (χ1v) is 10.1. The molecule has 0 atom stereocenters. The molecule has 0 saturated heterocycles. The van der Waals surface area contributed by atoms with Crippen molar-refractivity contribution in [2.45, 2.75) is 18.5 Å². The van der Waals surface area contributed by atoms with Gasteiger partial charge in [0.25, 0.3) is 0 Å². The number of fused-ring (bicyclic) bond motifs is 1. The van der Waals surface area contributed by atoms with Gasteiger partial charge in [0.15, 0.2) is 11.4 Å². The number of ether oxygens (including phenoxy) is 1. The lowest BCUT2D eigenvalue weighted by atomic mass is 10.3. The molecule has 3 heterocycles. The highest BCUT2D eigenvalue weighted by Gasteiger charge is 2.14. The Kier molecular flexibility index (Phi) is 6.55. The Morgan fingerprint density at radius 3 is 2.89 bits per heavy atom. The van der Waals surface area contributed by atoms with Crippen molar-refractivity contribution < 1.29 is 19.4 Å². The first-order valence-electron chi connectivity index (χ1n) is 8.31. The summed E-state index contributed by atoms with van der Waals surface area (Å²) in [4.78, 5) is 38.1. The van der Waals surface area contributed by atoms with Crippen molar-refractivity contribution in [3.63, 3.8) is 0 Å². The molecule has 2 N–H and O–H groups in total. The van der Waals surface area contributed by atoms with Crippen LogP contribution in [0.15, 0.2) is 29.4 Å². The van der Waals surface area contributed by atoms with E-state index in [9.17, 15) is 9.59 Å². The first-order chi connectivity index (χ1) is 13.5. The zero-order chi connectivity index (χ0) is 20.1. The molecule has 0 aliphatic carbocycles. The number of aromatic nitrogens is 3. The average Bonchev–Trinajstić information content (AvgIpc) is 3.18. The predicted molar refractivity (Wildman–Crippen MR) is 107 cm³/mol. The summed E-state index contributed by atoms with van der Waals surface area (Å²) in [5.41, 5.74) is 0.557. The first kappa shape index (κ1) is 20.2. The number of pyridine rings is 1. The number of carbonyl (C=O) groups is 2. The van der Waals surface area contributed by atoms with E-state index >= 15 is 0 Å². The minimum absolute atomic E-state index is 0.0324. The standard InChI is InChI=1S/C18H18N4O4S2/c1-10-21-17-13(5-11(26-2)6-20-17)18(22-10)27-9-14(24)15-4-3-12(28-15)7-19-16(25)8-23/h3-6,23H,7-9H2,1-2H3,(H,19,25). The number of aryl methyl sites for hydroxylation is 1. The zero-order valence-corrected chi connectivity index (χ0v) is 16.9. The van der Waals surface area contributed by atoms with Crippen LogP contribution < -0.4 is 10.1 Å². The highest BCUT2D eigenvalue weighted by Crippen LogP contribution is 2.28. The van der Waals surface area contributed by atoms with Gasteiger partial charge in [0, 0.05) is 4.88 Å². The van der Waals surface area contributed by atoms with Crippen molar-refractivity contribution in [1.82, 2.24) is 20.3 Å². The van der Waals surface area contributed by atoms with Crippen molar-refractivity contribution in [3.05, 3.63) is 40.0 Å². The smallest absolute Gasteiger partial charge is 0.246 e. The Balaban J connectivity index is 1.71. The van der Waals surface area contributed by atoms with Crippen LogP contribution in [0.25, 0.3) is 11.0 Å². The number of thiophene rings is 1. The monoisotopic (exact) mass is 418 g/mol. The van der Waals surface area contributed by atoms with Crippen molar-refractivity contribution >= 4 is 45.8 Å². The van der Waals surface area contributed by atoms with Crippen LogP contribution in [0.1, 0.15) is 20.4 Å². The van der Waals surface area contributed by atoms with Gasteiger partial charge >= 0.3 is 0 Å². The van der Waals surface area contributed by atoms with Crippen LogP contribution in [0.5, 0.6) is 5.75 Å². The molecule has 0 spiro atoms. The van der Waals surface area contributed by atoms with E-state index in [2.05, 4.69) is 20.3 Å². The van der Waals surface area contributed by atoms with Crippen LogP contribution in [0.4, 0.5) is 0 Å². The number of amides is 1. The highest BCUT2D eigenvalue weighted by atomic mass is 32.2. The lowest BCUT2D eigenvalue weighted by Crippen LogP contribution is -2.25. The van der Waals surface area contributed by atoms with E-state index in [1.807, 2.05) is 6.07 Å². The summed E-state index contributed by atoms with van der Waals surface area (Å²) in [6.07, 6.45) is 1.59. The number of aliphatic hydroxyl groups is 1. The van der Waals surface area contributed by atoms with Gasteiger partial charge in [-0.25, -0.2) is 15.0 Å². The van der Waals surface area contributed by atoms with Crippen LogP contribution >= 0.6 is 23.1 Å². The number of hydrogen-bond acceptors (Lipinski definition) is 9. The number of thioether (sulfide) groups is 1. The summed E-state index contributed by atoms with van der Waals surface area (Å²) in [7, 11) is 1.56. The van der Waals surface area contributed by atoms with Crippen molar-refractivity contribution in [1.29, 1.82) is 0 Å². The van der Waals surface area contributed by atoms with E-state index in [-0.39, 0.29) is 18.1 Å². The molecular formula is C18H18N4O4S2. The molecule has 3 aromatic rings. The molecule has 0 aliphatic heterocycles. The Morgan fingerprint density at radius 2 is 2.14 bits per heavy atom. The summed E-state index contributed by atoms with van der Waals surface area (Å²) in [6, 6.07) is 5.34. The quantitative estimate of drug-likeness (QED) is 0.324. The predicted octanol–water partition coefficient (Wildman–Crippen LogP) is 1.99. The van der Waals surface area contributed by atoms with E-state index in [0.29, 0.717) is 27.1 Å². The maximum Gasteiger partial charge on any atom is 0.246 e. The maximum atomic E-state index is 12.5. The van der Waals surface area contributed by atoms with Gasteiger partial charge in [-0.3, -0.25) is 9.59 Å². The molecule has 8 nitrogen and oxygen atoms in total. The molecule has 0 aliphatic rings. The molecule has 0 radical (unpaired) electrons. The zero-order valence-electron chi connectivity index (χ0n) is 15.3. The van der Waals surface area contributed by atoms with Crippen LogP contribution in [-0.4, -0.2) is 51.2 Å². The van der Waals surface area contributed by atoms with Gasteiger partial charge in [-0.2, -0.15) is 0 Å². The summed E-state index contributed by atoms with van der Waals surface area (Å²) in [5.74, 6) is 0.909. The Labute approximate surface area is 169 Å². The molecule has 0 unspecified atom stereocenters. The van der Waals surface area contributed by atoms with Crippen molar-refractivity contribution in [3.8, 4) is 5.75 Å². The third-order valence-corrected chi connectivity index (χ3v) is 5.84. The van der Waals surface area contributed by atoms with Crippen molar-refractivity contribution in [2.24, 2.45) is 0 Å². The Morgan fingerprint density at radius 1 is 1.32 bits per heavy atom. The number of ketones is 1. The molecule has 1 amide bonds. The third-order valence-electron chi connectivity index (χ3n) is 3.72. The number of nitrogens with one attached hydrogen (secondary N) is 1. The molecule has 3 aromatic heterocycles. The topological polar surface area (TPSA) is 114 Å². The minimum atomic E-state index is -0.556. The Bertz CT molecular complexity index is 1020. The SMILES string of the molecule is COc1cnc2nc(C)nc(SCC(=O)c3ccc(CNC(=O)CO)s3)c2c1. The minimum Gasteiger partial charge on any atom is -0.495 e. The van der Waals surface area contributed by atoms with E-state index in [1.165, 1.54) is 23.1 Å². The average molecular weight is 419 g/mol. The highest BCUT2D eigenvalue weighted by molar-refractivity contribution is 8.00. The molecule has 28 heavy (non-hydrogen) atoms. The van der Waals surface area contributed by atoms with Gasteiger partial charge in [-0.15, -0.1) is 11.3 Å². The van der Waals surface area contributed by atoms with Crippen LogP contribution in [-0.2, 0) is 11.3 Å². The summed E-state index contributed by atoms with van der Waals surface area (Å²) >= 11 is 2.64. The fraction of sp³-hybridized carbons (Fsp3) is 0.278. The van der Waals surface area contributed by atoms with Crippen LogP contribution in [0, 0.1) is 6.92 Å². The molecule has 0 saturated carbocycles. The largest absolute Gasteiger partial charge is 0.495 e. The van der Waals surface area contributed by atoms with E-state index in [4.69, 9.17) is 9.84 Å². The number of methoxy groups -OCH3 is 1. The lowest BCUT2D eigenvalue weighted by Gasteiger charge is -2.07. The van der Waals surface area contributed by atoms with Gasteiger partial charge in [0.1, 0.15) is 23.2 Å². The number of rotatable bonds is 8. The third kappa shape index (κ3) is 4.83. The second-order valence-electron chi connectivity index (χ2n) is 5.73. The van der Waals surface area contributed by atoms with Gasteiger partial charge in [0.05, 0.1) is 35.9 Å². The second kappa shape index (κ2) is 9.09. The van der Waals surface area contributed by atoms with Crippen LogP contribution in [0.2, 0.25) is 0 Å². The van der Waals surface area contributed by atoms with Gasteiger partial charge in [-0.1, -0.05) is 11.8 Å². The lowest BCUT2D eigenvalue weighted by molar-refractivity contribution is -0.123. The molecule has 0 fully saturated rings. The Hall–Kier alpha value is -2.56.